The molecule has 3 rings (SSSR count). The molecular weight excluding hydrogens is 292 g/mol. The molecular formula is C18H22N2O3. The van der Waals surface area contributed by atoms with Gasteiger partial charge in [0.15, 0.2) is 0 Å². The first-order valence-corrected chi connectivity index (χ1v) is 8.28. The van der Waals surface area contributed by atoms with Crippen LogP contribution in [0.5, 0.6) is 0 Å². The number of nitrogens with one attached hydrogen (secondary N) is 1. The molecule has 23 heavy (non-hydrogen) atoms. The summed E-state index contributed by atoms with van der Waals surface area (Å²) in [6, 6.07) is 9.10. The van der Waals surface area contributed by atoms with Crippen LogP contribution in [0.1, 0.15) is 38.2 Å². The monoisotopic (exact) mass is 314 g/mol. The fourth-order valence-electron chi connectivity index (χ4n) is 3.17. The van der Waals surface area contributed by atoms with Crippen molar-refractivity contribution in [2.45, 2.75) is 51.2 Å². The summed E-state index contributed by atoms with van der Waals surface area (Å²) in [6.45, 7) is 2.34. The average Bonchev–Trinajstić information content (AvgIpc) is 3.31. The molecule has 1 aromatic carbocycles. The number of rotatable bonds is 6. The van der Waals surface area contributed by atoms with Crippen molar-refractivity contribution in [3.05, 3.63) is 35.9 Å². The Morgan fingerprint density at radius 2 is 1.91 bits per heavy atom. The highest BCUT2D eigenvalue weighted by molar-refractivity contribution is 6.38. The number of benzene rings is 1. The summed E-state index contributed by atoms with van der Waals surface area (Å²) in [5, 5.41) is 2.75. The Kier molecular flexibility index (Phi) is 4.46. The third kappa shape index (κ3) is 3.44. The van der Waals surface area contributed by atoms with Crippen LogP contribution in [0, 0.1) is 5.92 Å². The number of hydrogen-bond acceptors (Lipinski definition) is 3. The lowest BCUT2D eigenvalue weighted by molar-refractivity contribution is -0.143. The highest BCUT2D eigenvalue weighted by Gasteiger charge is 2.45. The summed E-state index contributed by atoms with van der Waals surface area (Å²) < 4.78 is 0. The van der Waals surface area contributed by atoms with Crippen molar-refractivity contribution < 1.29 is 14.4 Å². The summed E-state index contributed by atoms with van der Waals surface area (Å²) in [5.74, 6) is -1.13. The van der Waals surface area contributed by atoms with Gasteiger partial charge < -0.3 is 10.2 Å². The average molecular weight is 314 g/mol. The van der Waals surface area contributed by atoms with Crippen molar-refractivity contribution in [1.29, 1.82) is 0 Å². The quantitative estimate of drug-likeness (QED) is 0.812. The normalized spacial score (nSPS) is 23.9. The Morgan fingerprint density at radius 1 is 1.22 bits per heavy atom. The first-order chi connectivity index (χ1) is 11.1. The smallest absolute Gasteiger partial charge is 0.289 e. The van der Waals surface area contributed by atoms with E-state index in [1.165, 1.54) is 0 Å². The maximum atomic E-state index is 12.6. The molecule has 1 aliphatic carbocycles. The van der Waals surface area contributed by atoms with Crippen LogP contribution in [-0.4, -0.2) is 34.6 Å². The van der Waals surface area contributed by atoms with E-state index in [0.717, 1.165) is 18.4 Å². The molecule has 1 N–H and O–H groups in total. The summed E-state index contributed by atoms with van der Waals surface area (Å²) in [6.07, 6.45) is 2.93. The van der Waals surface area contributed by atoms with Crippen LogP contribution in [0.2, 0.25) is 0 Å². The molecule has 5 nitrogen and oxygen atoms in total. The molecule has 2 amide bonds. The number of amides is 2. The van der Waals surface area contributed by atoms with E-state index < -0.39 is 17.7 Å². The molecule has 5 heteroatoms. The predicted octanol–water partition coefficient (Wildman–Crippen LogP) is 1.66. The van der Waals surface area contributed by atoms with Crippen molar-refractivity contribution in [1.82, 2.24) is 10.2 Å². The molecule has 2 aliphatic rings. The van der Waals surface area contributed by atoms with Crippen LogP contribution in [0.15, 0.2) is 30.3 Å². The van der Waals surface area contributed by atoms with Gasteiger partial charge in [0.25, 0.3) is 5.91 Å². The minimum Gasteiger partial charge on any atom is -0.347 e. The van der Waals surface area contributed by atoms with Gasteiger partial charge >= 0.3 is 0 Å². The SMILES string of the molecule is CCC1CC(=O)N(Cc2ccccc2)C1C(=O)C(=O)NC1CC1. The highest BCUT2D eigenvalue weighted by Crippen LogP contribution is 2.30. The largest absolute Gasteiger partial charge is 0.347 e. The van der Waals surface area contributed by atoms with E-state index in [0.29, 0.717) is 19.4 Å². The van der Waals surface area contributed by atoms with Crippen molar-refractivity contribution in [3.8, 4) is 0 Å². The van der Waals surface area contributed by atoms with Gasteiger partial charge in [0.05, 0.1) is 0 Å². The Labute approximate surface area is 136 Å². The van der Waals surface area contributed by atoms with E-state index in [9.17, 15) is 14.4 Å². The molecule has 2 atom stereocenters. The topological polar surface area (TPSA) is 66.5 Å². The highest BCUT2D eigenvalue weighted by atomic mass is 16.2. The molecule has 1 aliphatic heterocycles. The first-order valence-electron chi connectivity index (χ1n) is 8.28. The predicted molar refractivity (Wildman–Crippen MR) is 85.3 cm³/mol. The number of hydrogen-bond donors (Lipinski definition) is 1. The molecule has 122 valence electrons. The summed E-state index contributed by atoms with van der Waals surface area (Å²) >= 11 is 0. The Bertz CT molecular complexity index is 610. The van der Waals surface area contributed by atoms with Gasteiger partial charge in [0, 0.05) is 19.0 Å². The van der Waals surface area contributed by atoms with E-state index in [1.807, 2.05) is 37.3 Å². The van der Waals surface area contributed by atoms with Crippen LogP contribution in [0.3, 0.4) is 0 Å². The number of nitrogens with zero attached hydrogens (tertiary/aromatic N) is 1. The summed E-state index contributed by atoms with van der Waals surface area (Å²) in [7, 11) is 0. The van der Waals surface area contributed by atoms with Crippen LogP contribution in [-0.2, 0) is 20.9 Å². The third-order valence-corrected chi connectivity index (χ3v) is 4.66. The molecule has 0 bridgehead atoms. The van der Waals surface area contributed by atoms with Crippen molar-refractivity contribution in [2.24, 2.45) is 5.92 Å². The standard InChI is InChI=1S/C18H22N2O3/c1-2-13-10-15(21)20(11-12-6-4-3-5-7-12)16(13)17(22)18(23)19-14-8-9-14/h3-7,13-14,16H,2,8-11H2,1H3,(H,19,23). The molecule has 1 saturated carbocycles. The van der Waals surface area contributed by atoms with Crippen LogP contribution in [0.4, 0.5) is 0 Å². The molecule has 2 unspecified atom stereocenters. The van der Waals surface area contributed by atoms with Gasteiger partial charge in [-0.05, 0) is 24.3 Å². The fourth-order valence-corrected chi connectivity index (χ4v) is 3.17. The Morgan fingerprint density at radius 3 is 2.52 bits per heavy atom. The fraction of sp³-hybridized carbons (Fsp3) is 0.500. The molecule has 0 radical (unpaired) electrons. The lowest BCUT2D eigenvalue weighted by Crippen LogP contribution is -2.48. The minimum absolute atomic E-state index is 0.0433. The lowest BCUT2D eigenvalue weighted by Gasteiger charge is -2.26. The Balaban J connectivity index is 1.78. The summed E-state index contributed by atoms with van der Waals surface area (Å²) in [4.78, 5) is 38.7. The number of ketones is 1. The van der Waals surface area contributed by atoms with Gasteiger partial charge in [-0.15, -0.1) is 0 Å². The van der Waals surface area contributed by atoms with E-state index >= 15 is 0 Å². The molecule has 1 aromatic rings. The van der Waals surface area contributed by atoms with Crippen LogP contribution >= 0.6 is 0 Å². The molecule has 1 saturated heterocycles. The maximum absolute atomic E-state index is 12.6. The molecule has 0 aromatic heterocycles. The second-order valence-electron chi connectivity index (χ2n) is 6.44. The van der Waals surface area contributed by atoms with Crippen LogP contribution in [0.25, 0.3) is 0 Å². The van der Waals surface area contributed by atoms with Gasteiger partial charge in [0.2, 0.25) is 11.7 Å². The molecule has 1 heterocycles. The van der Waals surface area contributed by atoms with Gasteiger partial charge in [-0.1, -0.05) is 43.7 Å². The second kappa shape index (κ2) is 6.52. The van der Waals surface area contributed by atoms with Gasteiger partial charge in [0.1, 0.15) is 6.04 Å². The molecule has 2 fully saturated rings. The van der Waals surface area contributed by atoms with Crippen molar-refractivity contribution >= 4 is 17.6 Å². The first kappa shape index (κ1) is 15.7. The number of carbonyl (C=O) groups is 3. The zero-order valence-corrected chi connectivity index (χ0v) is 13.3. The van der Waals surface area contributed by atoms with E-state index in [1.54, 1.807) is 4.90 Å². The second-order valence-corrected chi connectivity index (χ2v) is 6.44. The van der Waals surface area contributed by atoms with Gasteiger partial charge in [-0.2, -0.15) is 0 Å². The van der Waals surface area contributed by atoms with Gasteiger partial charge in [-0.25, -0.2) is 0 Å². The third-order valence-electron chi connectivity index (χ3n) is 4.66. The van der Waals surface area contributed by atoms with E-state index in [-0.39, 0.29) is 17.9 Å². The molecule has 0 spiro atoms. The van der Waals surface area contributed by atoms with Crippen molar-refractivity contribution in [2.75, 3.05) is 0 Å². The number of likely N-dealkylation sites (tertiary alicyclic amines) is 1. The Hall–Kier alpha value is -2.17. The van der Waals surface area contributed by atoms with E-state index in [4.69, 9.17) is 0 Å². The summed E-state index contributed by atoms with van der Waals surface area (Å²) in [5.41, 5.74) is 0.970. The maximum Gasteiger partial charge on any atom is 0.289 e. The number of carbonyl (C=O) groups excluding carboxylic acids is 3. The van der Waals surface area contributed by atoms with Crippen molar-refractivity contribution in [3.63, 3.8) is 0 Å². The zero-order valence-electron chi connectivity index (χ0n) is 13.3. The number of Topliss-reactive ketones (excluding diaryl/α,β-unsaturated/α-hetero) is 1. The van der Waals surface area contributed by atoms with Crippen LogP contribution < -0.4 is 5.32 Å². The lowest BCUT2D eigenvalue weighted by atomic mass is 9.93. The van der Waals surface area contributed by atoms with Gasteiger partial charge in [-0.3, -0.25) is 14.4 Å². The van der Waals surface area contributed by atoms with E-state index in [2.05, 4.69) is 5.32 Å². The zero-order chi connectivity index (χ0) is 16.4. The minimum atomic E-state index is -0.633.